The number of hydrogen-bond donors (Lipinski definition) is 1. The molecule has 0 aromatic heterocycles. The zero-order valence-corrected chi connectivity index (χ0v) is 16.5. The van der Waals surface area contributed by atoms with Gasteiger partial charge in [-0.25, -0.2) is 0 Å². The van der Waals surface area contributed by atoms with E-state index >= 15 is 0 Å². The number of nitrogens with one attached hydrogen (secondary N) is 1. The van der Waals surface area contributed by atoms with Crippen LogP contribution in [-0.2, 0) is 15.8 Å². The molecule has 1 aliphatic rings. The van der Waals surface area contributed by atoms with Gasteiger partial charge in [0.25, 0.3) is 0 Å². The summed E-state index contributed by atoms with van der Waals surface area (Å²) in [5.74, 6) is -0.633. The summed E-state index contributed by atoms with van der Waals surface area (Å²) in [6, 6.07) is 12.7. The summed E-state index contributed by atoms with van der Waals surface area (Å²) >= 11 is 0. The fraction of sp³-hybridized carbons (Fsp3) is 0.261. The van der Waals surface area contributed by atoms with Crippen LogP contribution in [0.4, 0.5) is 13.2 Å². The second-order valence-electron chi connectivity index (χ2n) is 7.16. The summed E-state index contributed by atoms with van der Waals surface area (Å²) in [5.41, 5.74) is 0.373. The molecule has 0 aliphatic carbocycles. The third-order valence-electron chi connectivity index (χ3n) is 5.00. The molecule has 1 heterocycles. The van der Waals surface area contributed by atoms with E-state index in [9.17, 15) is 22.8 Å². The molecule has 0 spiro atoms. The number of likely N-dealkylation sites (tertiary alicyclic amines) is 1. The molecule has 31 heavy (non-hydrogen) atoms. The van der Waals surface area contributed by atoms with E-state index in [2.05, 4.69) is 5.32 Å². The average Bonchev–Trinajstić information content (AvgIpc) is 3.16. The van der Waals surface area contributed by atoms with Crippen LogP contribution in [0.2, 0.25) is 0 Å². The van der Waals surface area contributed by atoms with E-state index in [4.69, 9.17) is 5.26 Å². The van der Waals surface area contributed by atoms with Gasteiger partial charge in [-0.2, -0.15) is 18.4 Å². The van der Waals surface area contributed by atoms with Crippen LogP contribution < -0.4 is 5.32 Å². The normalized spacial score (nSPS) is 15.2. The van der Waals surface area contributed by atoms with Crippen LogP contribution in [0.15, 0.2) is 54.6 Å². The maximum atomic E-state index is 13.2. The maximum Gasteiger partial charge on any atom is 0.416 e. The molecule has 8 heteroatoms. The predicted molar refractivity (Wildman–Crippen MR) is 108 cm³/mol. The number of carbonyl (C=O) groups is 2. The second-order valence-corrected chi connectivity index (χ2v) is 7.16. The van der Waals surface area contributed by atoms with Gasteiger partial charge in [-0.3, -0.25) is 9.59 Å². The van der Waals surface area contributed by atoms with Crippen molar-refractivity contribution in [1.29, 1.82) is 5.26 Å². The minimum Gasteiger partial charge on any atom is -0.344 e. The Balaban J connectivity index is 1.83. The van der Waals surface area contributed by atoms with Crippen molar-refractivity contribution in [1.82, 2.24) is 10.2 Å². The van der Waals surface area contributed by atoms with Gasteiger partial charge in [-0.1, -0.05) is 30.3 Å². The molecule has 1 unspecified atom stereocenters. The first-order chi connectivity index (χ1) is 14.8. The van der Waals surface area contributed by atoms with Gasteiger partial charge in [-0.05, 0) is 41.8 Å². The van der Waals surface area contributed by atoms with Crippen molar-refractivity contribution in [2.75, 3.05) is 13.1 Å². The highest BCUT2D eigenvalue weighted by atomic mass is 19.4. The highest BCUT2D eigenvalue weighted by Gasteiger charge is 2.32. The number of benzene rings is 2. The summed E-state index contributed by atoms with van der Waals surface area (Å²) < 4.78 is 39.5. The van der Waals surface area contributed by atoms with Crippen molar-refractivity contribution < 1.29 is 22.8 Å². The fourth-order valence-corrected chi connectivity index (χ4v) is 3.41. The lowest BCUT2D eigenvalue weighted by Crippen LogP contribution is -2.38. The molecule has 1 N–H and O–H groups in total. The van der Waals surface area contributed by atoms with Crippen molar-refractivity contribution in [3.63, 3.8) is 0 Å². The van der Waals surface area contributed by atoms with Gasteiger partial charge in [0, 0.05) is 25.6 Å². The zero-order valence-electron chi connectivity index (χ0n) is 16.5. The Bertz CT molecular complexity index is 1040. The smallest absolute Gasteiger partial charge is 0.344 e. The number of alkyl halides is 3. The van der Waals surface area contributed by atoms with E-state index in [0.29, 0.717) is 30.5 Å². The van der Waals surface area contributed by atoms with Crippen LogP contribution in [0.5, 0.6) is 0 Å². The molecule has 1 fully saturated rings. The molecule has 160 valence electrons. The molecule has 1 aliphatic heterocycles. The van der Waals surface area contributed by atoms with Crippen LogP contribution in [-0.4, -0.2) is 29.8 Å². The molecular weight excluding hydrogens is 407 g/mol. The van der Waals surface area contributed by atoms with Crippen LogP contribution >= 0.6 is 0 Å². The average molecular weight is 427 g/mol. The second kappa shape index (κ2) is 9.47. The lowest BCUT2D eigenvalue weighted by Gasteiger charge is -2.25. The van der Waals surface area contributed by atoms with Crippen molar-refractivity contribution in [3.05, 3.63) is 76.9 Å². The molecular formula is C23H20F3N3O2. The quantitative estimate of drug-likeness (QED) is 0.707. The Morgan fingerprint density at radius 3 is 2.68 bits per heavy atom. The molecule has 2 amide bonds. The minimum atomic E-state index is -4.52. The first-order valence-electron chi connectivity index (χ1n) is 9.70. The van der Waals surface area contributed by atoms with Crippen LogP contribution in [0.1, 0.15) is 41.1 Å². The van der Waals surface area contributed by atoms with E-state index in [1.165, 1.54) is 24.3 Å². The lowest BCUT2D eigenvalue weighted by atomic mass is 10.0. The topological polar surface area (TPSA) is 73.2 Å². The molecule has 3 rings (SSSR count). The lowest BCUT2D eigenvalue weighted by molar-refractivity contribution is -0.137. The molecule has 0 radical (unpaired) electrons. The SMILES string of the molecule is N#Cc1ccccc1/C=C/C(=O)NC(CN1CCCC1=O)c1cccc(C(F)(F)F)c1. The summed E-state index contributed by atoms with van der Waals surface area (Å²) in [6.45, 7) is 0.573. The Labute approximate surface area is 177 Å². The fourth-order valence-electron chi connectivity index (χ4n) is 3.41. The van der Waals surface area contributed by atoms with E-state index in [0.717, 1.165) is 12.1 Å². The third-order valence-corrected chi connectivity index (χ3v) is 5.00. The highest BCUT2D eigenvalue weighted by Crippen LogP contribution is 2.31. The number of amides is 2. The Morgan fingerprint density at radius 1 is 1.23 bits per heavy atom. The number of halogens is 3. The van der Waals surface area contributed by atoms with Crippen molar-refractivity contribution in [2.24, 2.45) is 0 Å². The van der Waals surface area contributed by atoms with Gasteiger partial charge in [0.15, 0.2) is 0 Å². The largest absolute Gasteiger partial charge is 0.416 e. The van der Waals surface area contributed by atoms with E-state index in [1.54, 1.807) is 29.2 Å². The van der Waals surface area contributed by atoms with E-state index < -0.39 is 23.7 Å². The maximum absolute atomic E-state index is 13.2. The van der Waals surface area contributed by atoms with E-state index in [1.807, 2.05) is 6.07 Å². The van der Waals surface area contributed by atoms with Gasteiger partial charge in [-0.15, -0.1) is 0 Å². The Morgan fingerprint density at radius 2 is 2.00 bits per heavy atom. The Hall–Kier alpha value is -3.60. The zero-order chi connectivity index (χ0) is 22.4. The summed E-state index contributed by atoms with van der Waals surface area (Å²) in [4.78, 5) is 26.1. The monoisotopic (exact) mass is 427 g/mol. The predicted octanol–water partition coefficient (Wildman–Crippen LogP) is 4.07. The van der Waals surface area contributed by atoms with Gasteiger partial charge in [0.1, 0.15) is 0 Å². The highest BCUT2D eigenvalue weighted by molar-refractivity contribution is 5.92. The minimum absolute atomic E-state index is 0.0779. The number of carbonyl (C=O) groups excluding carboxylic acids is 2. The van der Waals surface area contributed by atoms with Crippen molar-refractivity contribution >= 4 is 17.9 Å². The molecule has 1 atom stereocenters. The number of nitrogens with zero attached hydrogens (tertiary/aromatic N) is 2. The van der Waals surface area contributed by atoms with Crippen LogP contribution in [0.3, 0.4) is 0 Å². The van der Waals surface area contributed by atoms with Gasteiger partial charge >= 0.3 is 6.18 Å². The number of nitriles is 1. The van der Waals surface area contributed by atoms with Crippen molar-refractivity contribution in [3.8, 4) is 6.07 Å². The van der Waals surface area contributed by atoms with E-state index in [-0.39, 0.29) is 18.0 Å². The first kappa shape index (κ1) is 22.1. The summed E-state index contributed by atoms with van der Waals surface area (Å²) in [5, 5.41) is 11.8. The third kappa shape index (κ3) is 5.72. The standard InChI is InChI=1S/C23H20F3N3O2/c24-23(25,26)19-8-3-7-17(13-19)20(15-29-12-4-9-22(29)31)28-21(30)11-10-16-5-1-2-6-18(16)14-27/h1-3,5-8,10-11,13,20H,4,9,12,15H2,(H,28,30)/b11-10+. The molecule has 2 aromatic rings. The summed E-state index contributed by atoms with van der Waals surface area (Å²) in [7, 11) is 0. The Kier molecular flexibility index (Phi) is 6.75. The summed E-state index contributed by atoms with van der Waals surface area (Å²) in [6.07, 6.45) is -0.767. The number of hydrogen-bond acceptors (Lipinski definition) is 3. The van der Waals surface area contributed by atoms with Gasteiger partial charge in [0.05, 0.1) is 23.2 Å². The molecule has 1 saturated heterocycles. The molecule has 0 saturated carbocycles. The van der Waals surface area contributed by atoms with Crippen LogP contribution in [0.25, 0.3) is 6.08 Å². The van der Waals surface area contributed by atoms with Gasteiger partial charge < -0.3 is 10.2 Å². The molecule has 5 nitrogen and oxygen atoms in total. The number of rotatable bonds is 6. The van der Waals surface area contributed by atoms with Crippen molar-refractivity contribution in [2.45, 2.75) is 25.1 Å². The first-order valence-corrected chi connectivity index (χ1v) is 9.70. The molecule has 2 aromatic carbocycles. The van der Waals surface area contributed by atoms with Gasteiger partial charge in [0.2, 0.25) is 11.8 Å². The van der Waals surface area contributed by atoms with Crippen LogP contribution in [0, 0.1) is 11.3 Å². The molecule has 0 bridgehead atoms.